The van der Waals surface area contributed by atoms with E-state index in [1.807, 2.05) is 0 Å². The van der Waals surface area contributed by atoms with Crippen LogP contribution in [0.4, 0.5) is 11.6 Å². The van der Waals surface area contributed by atoms with Gasteiger partial charge in [0.25, 0.3) is 5.91 Å². The lowest BCUT2D eigenvalue weighted by Gasteiger charge is -2.32. The van der Waals surface area contributed by atoms with E-state index in [-0.39, 0.29) is 40.4 Å². The maximum Gasteiger partial charge on any atom is 0.305 e. The molecule has 1 saturated carbocycles. The van der Waals surface area contributed by atoms with E-state index >= 15 is 0 Å². The van der Waals surface area contributed by atoms with Gasteiger partial charge >= 0.3 is 10.2 Å². The number of anilines is 2. The van der Waals surface area contributed by atoms with Crippen LogP contribution in [0.25, 0.3) is 0 Å². The van der Waals surface area contributed by atoms with Gasteiger partial charge in [-0.25, -0.2) is 9.29 Å². The molecule has 9 nitrogen and oxygen atoms in total. The number of aromatic nitrogens is 1. The number of benzene rings is 1. The number of hydrogen-bond donors (Lipinski definition) is 2. The van der Waals surface area contributed by atoms with Gasteiger partial charge in [0.2, 0.25) is 0 Å². The molecule has 0 unspecified atom stereocenters. The molecule has 3 aliphatic rings. The molecule has 1 aromatic heterocycles. The van der Waals surface area contributed by atoms with E-state index in [1.165, 1.54) is 10.7 Å². The maximum absolute atomic E-state index is 13.5. The number of aliphatic hydroxyl groups is 1. The molecule has 1 aliphatic carbocycles. The minimum atomic E-state index is -3.76. The van der Waals surface area contributed by atoms with Crippen LogP contribution in [0.15, 0.2) is 30.3 Å². The number of rotatable bonds is 4. The number of carbonyl (C=O) groups is 1. The van der Waals surface area contributed by atoms with Crippen molar-refractivity contribution in [2.45, 2.75) is 19.3 Å². The monoisotopic (exact) mass is 528 g/mol. The molecule has 12 heteroatoms. The van der Waals surface area contributed by atoms with Crippen LogP contribution in [0.3, 0.4) is 0 Å². The predicted octanol–water partition coefficient (Wildman–Crippen LogP) is 3.42. The number of fused-ring (bicyclic) bond motifs is 2. The zero-order valence-electron chi connectivity index (χ0n) is 18.6. The minimum absolute atomic E-state index is 0.125. The van der Waals surface area contributed by atoms with E-state index in [0.29, 0.717) is 30.7 Å². The number of halogens is 2. The number of carbonyl (C=O) groups excluding carboxylic acids is 1. The van der Waals surface area contributed by atoms with E-state index < -0.39 is 16.1 Å². The Morgan fingerprint density at radius 3 is 2.41 bits per heavy atom. The van der Waals surface area contributed by atoms with E-state index in [0.717, 1.165) is 20.0 Å². The third-order valence-corrected chi connectivity index (χ3v) is 8.85. The summed E-state index contributed by atoms with van der Waals surface area (Å²) in [5.41, 5.74) is 0.125. The van der Waals surface area contributed by atoms with Crippen molar-refractivity contribution in [1.29, 1.82) is 0 Å². The van der Waals surface area contributed by atoms with E-state index in [2.05, 4.69) is 10.3 Å². The summed E-state index contributed by atoms with van der Waals surface area (Å²) in [5, 5.41) is 10.1. The molecule has 2 N–H and O–H groups in total. The van der Waals surface area contributed by atoms with Crippen LogP contribution in [0.1, 0.15) is 29.6 Å². The molecule has 5 rings (SSSR count). The van der Waals surface area contributed by atoms with E-state index in [9.17, 15) is 13.2 Å². The highest BCUT2D eigenvalue weighted by molar-refractivity contribution is 7.90. The Morgan fingerprint density at radius 1 is 1.12 bits per heavy atom. The molecule has 2 fully saturated rings. The Labute approximate surface area is 208 Å². The Balaban J connectivity index is 0.00000133. The van der Waals surface area contributed by atoms with Crippen molar-refractivity contribution in [3.05, 3.63) is 45.9 Å². The fraction of sp³-hybridized carbons (Fsp3) is 0.455. The van der Waals surface area contributed by atoms with Crippen LogP contribution in [-0.4, -0.2) is 62.1 Å². The van der Waals surface area contributed by atoms with Gasteiger partial charge in [0.15, 0.2) is 11.6 Å². The Kier molecular flexibility index (Phi) is 7.54. The smallest absolute Gasteiger partial charge is 0.305 e. The molecule has 184 valence electrons. The van der Waals surface area contributed by atoms with E-state index in [4.69, 9.17) is 33.0 Å². The topological polar surface area (TPSA) is 112 Å². The normalized spacial score (nSPS) is 21.7. The Hall–Kier alpha value is -2.11. The van der Waals surface area contributed by atoms with Gasteiger partial charge in [0, 0.05) is 20.2 Å². The maximum atomic E-state index is 13.5. The van der Waals surface area contributed by atoms with Gasteiger partial charge in [0.1, 0.15) is 12.4 Å². The van der Waals surface area contributed by atoms with Gasteiger partial charge in [0.05, 0.1) is 22.2 Å². The number of ether oxygens (including phenoxy) is 1. The predicted molar refractivity (Wildman–Crippen MR) is 131 cm³/mol. The molecule has 34 heavy (non-hydrogen) atoms. The van der Waals surface area contributed by atoms with Gasteiger partial charge in [-0.15, -0.1) is 0 Å². The van der Waals surface area contributed by atoms with Crippen molar-refractivity contribution in [2.24, 2.45) is 11.8 Å². The van der Waals surface area contributed by atoms with Crippen molar-refractivity contribution in [2.75, 3.05) is 43.0 Å². The highest BCUT2D eigenvalue weighted by Crippen LogP contribution is 2.41. The van der Waals surface area contributed by atoms with Crippen molar-refractivity contribution < 1.29 is 23.1 Å². The molecule has 1 aromatic carbocycles. The van der Waals surface area contributed by atoms with Crippen LogP contribution in [0.5, 0.6) is 5.75 Å². The van der Waals surface area contributed by atoms with E-state index in [1.54, 1.807) is 34.6 Å². The first kappa shape index (κ1) is 25.0. The van der Waals surface area contributed by atoms with Crippen LogP contribution in [-0.2, 0) is 10.2 Å². The van der Waals surface area contributed by atoms with Gasteiger partial charge in [-0.2, -0.15) is 12.7 Å². The standard InChI is InChI=1S/C21H22Cl2N4O4S.CH4O/c22-15-5-2-6-16(23)19(15)21(28)25-18-8-7-17-20(24-18)27(9-10-31-17)32(29,30)26-11-13-3-1-4-14(13)12-26;1-2/h2,5-8,13-14H,1,3-4,9-12H2,(H,24,25,28);2H,1H3/t13-,14+;. The fourth-order valence-corrected chi connectivity index (χ4v) is 7.04. The lowest BCUT2D eigenvalue weighted by atomic mass is 10.0. The largest absolute Gasteiger partial charge is 0.488 e. The lowest BCUT2D eigenvalue weighted by Crippen LogP contribution is -2.47. The third kappa shape index (κ3) is 4.70. The molecule has 3 heterocycles. The molecule has 2 aromatic rings. The second-order valence-corrected chi connectivity index (χ2v) is 10.9. The quantitative estimate of drug-likeness (QED) is 0.628. The van der Waals surface area contributed by atoms with Gasteiger partial charge in [-0.05, 0) is 48.9 Å². The molecular formula is C22H26Cl2N4O5S. The summed E-state index contributed by atoms with van der Waals surface area (Å²) >= 11 is 12.2. The summed E-state index contributed by atoms with van der Waals surface area (Å²) in [4.78, 5) is 17.1. The summed E-state index contributed by atoms with van der Waals surface area (Å²) in [7, 11) is -2.76. The number of amides is 1. The highest BCUT2D eigenvalue weighted by Gasteiger charge is 2.44. The fourth-order valence-electron chi connectivity index (χ4n) is 4.78. The van der Waals surface area contributed by atoms with Gasteiger partial charge < -0.3 is 15.2 Å². The van der Waals surface area contributed by atoms with Crippen molar-refractivity contribution >= 4 is 51.0 Å². The van der Waals surface area contributed by atoms with Crippen molar-refractivity contribution in [3.8, 4) is 5.75 Å². The summed E-state index contributed by atoms with van der Waals surface area (Å²) in [5.74, 6) is 1.03. The molecule has 0 bridgehead atoms. The average Bonchev–Trinajstić information content (AvgIpc) is 3.43. The highest BCUT2D eigenvalue weighted by atomic mass is 35.5. The number of nitrogens with one attached hydrogen (secondary N) is 1. The summed E-state index contributed by atoms with van der Waals surface area (Å²) in [6, 6.07) is 7.93. The second kappa shape index (κ2) is 10.2. The van der Waals surface area contributed by atoms with Crippen LogP contribution in [0.2, 0.25) is 10.0 Å². The summed E-state index contributed by atoms with van der Waals surface area (Å²) in [6.45, 7) is 1.47. The first-order valence-corrected chi connectivity index (χ1v) is 13.1. The molecule has 1 saturated heterocycles. The first-order chi connectivity index (χ1) is 16.3. The molecular weight excluding hydrogens is 503 g/mol. The SMILES string of the molecule is CO.O=C(Nc1ccc2c(n1)N(S(=O)(=O)N1C[C@H]3CCC[C@H]3C1)CCO2)c1c(Cl)cccc1Cl. The number of hydrogen-bond acceptors (Lipinski definition) is 6. The zero-order valence-corrected chi connectivity index (χ0v) is 20.9. The molecule has 0 spiro atoms. The number of pyridine rings is 1. The minimum Gasteiger partial charge on any atom is -0.488 e. The second-order valence-electron chi connectivity index (χ2n) is 8.27. The number of nitrogens with zero attached hydrogens (tertiary/aromatic N) is 3. The lowest BCUT2D eigenvalue weighted by molar-refractivity contribution is 0.102. The Bertz CT molecular complexity index is 1150. The van der Waals surface area contributed by atoms with Gasteiger partial charge in [-0.3, -0.25) is 4.79 Å². The van der Waals surface area contributed by atoms with Crippen LogP contribution >= 0.6 is 23.2 Å². The first-order valence-electron chi connectivity index (χ1n) is 11.0. The molecule has 1 amide bonds. The number of aliphatic hydroxyl groups excluding tert-OH is 1. The molecule has 2 atom stereocenters. The molecule has 0 radical (unpaired) electrons. The molecule has 2 aliphatic heterocycles. The zero-order chi connectivity index (χ0) is 24.5. The van der Waals surface area contributed by atoms with Crippen LogP contribution in [0, 0.1) is 11.8 Å². The Morgan fingerprint density at radius 2 is 1.76 bits per heavy atom. The van der Waals surface area contributed by atoms with Crippen LogP contribution < -0.4 is 14.4 Å². The third-order valence-electron chi connectivity index (χ3n) is 6.36. The summed E-state index contributed by atoms with van der Waals surface area (Å²) in [6.07, 6.45) is 3.33. The average molecular weight is 529 g/mol. The van der Waals surface area contributed by atoms with Crippen molar-refractivity contribution in [3.63, 3.8) is 0 Å². The van der Waals surface area contributed by atoms with Crippen molar-refractivity contribution in [1.82, 2.24) is 9.29 Å². The summed E-state index contributed by atoms with van der Waals surface area (Å²) < 4.78 is 35.4. The van der Waals surface area contributed by atoms with Gasteiger partial charge in [-0.1, -0.05) is 35.7 Å².